The normalized spacial score (nSPS) is 15.3. The Morgan fingerprint density at radius 3 is 2.46 bits per heavy atom. The molecule has 1 aromatic carbocycles. The van der Waals surface area contributed by atoms with Crippen molar-refractivity contribution in [2.24, 2.45) is 0 Å². The summed E-state index contributed by atoms with van der Waals surface area (Å²) in [5, 5.41) is 7.01. The standard InChI is InChI=1S/C26H27N5O3S/c1-26(2,35(32,33)20-9-11-27-12-10-20)25-14-19(8-13-29-25)22-16-28-17-23(30-22)24-15-21(31-34-24)18-6-4-3-5-7-18/h3-8,13-17,20,27H,9-12H2,1-2H3. The van der Waals surface area contributed by atoms with Gasteiger partial charge in [-0.2, -0.15) is 0 Å². The van der Waals surface area contributed by atoms with Crippen LogP contribution >= 0.6 is 0 Å². The van der Waals surface area contributed by atoms with Crippen molar-refractivity contribution in [1.82, 2.24) is 25.4 Å². The lowest BCUT2D eigenvalue weighted by molar-refractivity contribution is 0.433. The first kappa shape index (κ1) is 23.3. The quantitative estimate of drug-likeness (QED) is 0.428. The Bertz CT molecular complexity index is 1430. The summed E-state index contributed by atoms with van der Waals surface area (Å²) in [6, 6.07) is 15.2. The highest BCUT2D eigenvalue weighted by Gasteiger charge is 2.43. The molecule has 0 radical (unpaired) electrons. The lowest BCUT2D eigenvalue weighted by Gasteiger charge is -2.32. The van der Waals surface area contributed by atoms with E-state index in [-0.39, 0.29) is 5.25 Å². The molecule has 4 aromatic rings. The van der Waals surface area contributed by atoms with E-state index < -0.39 is 14.6 Å². The SMILES string of the molecule is CC(C)(c1cc(-c2cncc(-c3cc(-c4ccccc4)no3)n2)ccn1)S(=O)(=O)C1CCNCC1. The number of aromatic nitrogens is 4. The number of nitrogens with one attached hydrogen (secondary N) is 1. The molecule has 0 saturated carbocycles. The Hall–Kier alpha value is -3.43. The third-order valence-electron chi connectivity index (χ3n) is 6.58. The van der Waals surface area contributed by atoms with E-state index >= 15 is 0 Å². The number of sulfone groups is 1. The fraction of sp³-hybridized carbons (Fsp3) is 0.308. The second-order valence-electron chi connectivity index (χ2n) is 9.17. The summed E-state index contributed by atoms with van der Waals surface area (Å²) in [5.74, 6) is 0.501. The van der Waals surface area contributed by atoms with E-state index in [2.05, 4.69) is 20.4 Å². The minimum atomic E-state index is -3.45. The lowest BCUT2D eigenvalue weighted by atomic mass is 10.1. The van der Waals surface area contributed by atoms with Crippen LogP contribution in [-0.4, -0.2) is 46.9 Å². The summed E-state index contributed by atoms with van der Waals surface area (Å²) in [7, 11) is -3.45. The molecule has 180 valence electrons. The van der Waals surface area contributed by atoms with E-state index in [4.69, 9.17) is 9.51 Å². The summed E-state index contributed by atoms with van der Waals surface area (Å²) in [6.07, 6.45) is 6.11. The van der Waals surface area contributed by atoms with Gasteiger partial charge in [0.05, 0.1) is 29.0 Å². The molecule has 0 atom stereocenters. The summed E-state index contributed by atoms with van der Waals surface area (Å²) < 4.78 is 31.4. The zero-order valence-electron chi connectivity index (χ0n) is 19.7. The van der Waals surface area contributed by atoms with Crippen molar-refractivity contribution >= 4 is 9.84 Å². The lowest BCUT2D eigenvalue weighted by Crippen LogP contribution is -2.43. The highest BCUT2D eigenvalue weighted by atomic mass is 32.2. The molecular weight excluding hydrogens is 462 g/mol. The van der Waals surface area contributed by atoms with Crippen LogP contribution in [0.5, 0.6) is 0 Å². The number of benzene rings is 1. The van der Waals surface area contributed by atoms with Crippen LogP contribution in [0.4, 0.5) is 0 Å². The maximum Gasteiger partial charge on any atom is 0.187 e. The molecule has 3 aromatic heterocycles. The van der Waals surface area contributed by atoms with Gasteiger partial charge in [-0.15, -0.1) is 0 Å². The topological polar surface area (TPSA) is 111 Å². The third kappa shape index (κ3) is 4.49. The van der Waals surface area contributed by atoms with Crippen molar-refractivity contribution in [2.45, 2.75) is 36.7 Å². The highest BCUT2D eigenvalue weighted by molar-refractivity contribution is 7.92. The predicted octanol–water partition coefficient (Wildman–Crippen LogP) is 4.26. The molecule has 1 aliphatic heterocycles. The molecule has 1 fully saturated rings. The van der Waals surface area contributed by atoms with Gasteiger partial charge in [-0.1, -0.05) is 35.5 Å². The van der Waals surface area contributed by atoms with E-state index in [1.54, 1.807) is 44.6 Å². The smallest absolute Gasteiger partial charge is 0.187 e. The van der Waals surface area contributed by atoms with E-state index in [9.17, 15) is 8.42 Å². The van der Waals surface area contributed by atoms with Gasteiger partial charge in [-0.25, -0.2) is 13.4 Å². The van der Waals surface area contributed by atoms with E-state index in [0.717, 1.165) is 11.1 Å². The van der Waals surface area contributed by atoms with Crippen LogP contribution in [-0.2, 0) is 14.6 Å². The van der Waals surface area contributed by atoms with Gasteiger partial charge in [0.2, 0.25) is 0 Å². The molecule has 0 spiro atoms. The number of nitrogens with zero attached hydrogens (tertiary/aromatic N) is 4. The molecule has 5 rings (SSSR count). The van der Waals surface area contributed by atoms with Crippen molar-refractivity contribution in [1.29, 1.82) is 0 Å². The molecule has 1 saturated heterocycles. The van der Waals surface area contributed by atoms with E-state index in [0.29, 0.717) is 54.5 Å². The molecule has 8 nitrogen and oxygen atoms in total. The molecule has 0 amide bonds. The Morgan fingerprint density at radius 1 is 0.943 bits per heavy atom. The first-order chi connectivity index (χ1) is 16.9. The van der Waals surface area contributed by atoms with Gasteiger partial charge in [0.1, 0.15) is 16.1 Å². The highest BCUT2D eigenvalue weighted by Crippen LogP contribution is 2.36. The summed E-state index contributed by atoms with van der Waals surface area (Å²) in [4.78, 5) is 13.5. The second kappa shape index (κ2) is 9.31. The first-order valence-electron chi connectivity index (χ1n) is 11.6. The van der Waals surface area contributed by atoms with Gasteiger partial charge in [0.25, 0.3) is 0 Å². The van der Waals surface area contributed by atoms with Gasteiger partial charge in [0, 0.05) is 23.4 Å². The Balaban J connectivity index is 1.45. The van der Waals surface area contributed by atoms with Crippen LogP contribution in [0.15, 0.2) is 71.6 Å². The molecule has 0 bridgehead atoms. The fourth-order valence-corrected chi connectivity index (χ4v) is 6.44. The Labute approximate surface area is 204 Å². The number of rotatable bonds is 6. The van der Waals surface area contributed by atoms with Crippen LogP contribution in [0.1, 0.15) is 32.4 Å². The summed E-state index contributed by atoms with van der Waals surface area (Å²) in [6.45, 7) is 4.89. The second-order valence-corrected chi connectivity index (χ2v) is 11.9. The molecule has 4 heterocycles. The summed E-state index contributed by atoms with van der Waals surface area (Å²) >= 11 is 0. The minimum absolute atomic E-state index is 0.377. The molecular formula is C26H27N5O3S. The number of hydrogen-bond acceptors (Lipinski definition) is 8. The molecule has 0 unspecified atom stereocenters. The van der Waals surface area contributed by atoms with Crippen LogP contribution in [0.2, 0.25) is 0 Å². The van der Waals surface area contributed by atoms with Gasteiger partial charge in [-0.3, -0.25) is 9.97 Å². The minimum Gasteiger partial charge on any atom is -0.354 e. The number of hydrogen-bond donors (Lipinski definition) is 1. The predicted molar refractivity (Wildman–Crippen MR) is 134 cm³/mol. The summed E-state index contributed by atoms with van der Waals surface area (Å²) in [5.41, 5.74) is 4.02. The molecule has 0 aliphatic carbocycles. The van der Waals surface area contributed by atoms with Crippen molar-refractivity contribution in [3.05, 3.63) is 72.8 Å². The fourth-order valence-electron chi connectivity index (χ4n) is 4.35. The first-order valence-corrected chi connectivity index (χ1v) is 13.2. The number of pyridine rings is 1. The monoisotopic (exact) mass is 489 g/mol. The average molecular weight is 490 g/mol. The van der Waals surface area contributed by atoms with Crippen molar-refractivity contribution in [3.8, 4) is 34.0 Å². The Kier molecular flexibility index (Phi) is 6.21. The van der Waals surface area contributed by atoms with Gasteiger partial charge in [-0.05, 0) is 51.9 Å². The molecule has 1 N–H and O–H groups in total. The van der Waals surface area contributed by atoms with Crippen LogP contribution in [0.25, 0.3) is 34.0 Å². The maximum absolute atomic E-state index is 13.5. The van der Waals surface area contributed by atoms with Gasteiger partial charge >= 0.3 is 0 Å². The third-order valence-corrected chi connectivity index (χ3v) is 9.56. The molecule has 35 heavy (non-hydrogen) atoms. The van der Waals surface area contributed by atoms with E-state index in [1.807, 2.05) is 36.4 Å². The van der Waals surface area contributed by atoms with Crippen LogP contribution in [0.3, 0.4) is 0 Å². The van der Waals surface area contributed by atoms with Crippen molar-refractivity contribution < 1.29 is 12.9 Å². The number of piperidine rings is 1. The maximum atomic E-state index is 13.5. The van der Waals surface area contributed by atoms with Crippen LogP contribution in [0, 0.1) is 0 Å². The molecule has 9 heteroatoms. The molecule has 1 aliphatic rings. The van der Waals surface area contributed by atoms with Crippen LogP contribution < -0.4 is 5.32 Å². The van der Waals surface area contributed by atoms with Gasteiger partial charge < -0.3 is 9.84 Å². The van der Waals surface area contributed by atoms with Crippen molar-refractivity contribution in [2.75, 3.05) is 13.1 Å². The van der Waals surface area contributed by atoms with Gasteiger partial charge in [0.15, 0.2) is 15.6 Å². The average Bonchev–Trinajstić information content (AvgIpc) is 3.40. The zero-order valence-corrected chi connectivity index (χ0v) is 20.5. The Morgan fingerprint density at radius 2 is 1.69 bits per heavy atom. The van der Waals surface area contributed by atoms with E-state index in [1.165, 1.54) is 0 Å². The zero-order chi connectivity index (χ0) is 24.5. The van der Waals surface area contributed by atoms with Crippen molar-refractivity contribution in [3.63, 3.8) is 0 Å². The largest absolute Gasteiger partial charge is 0.354 e.